The second-order valence-electron chi connectivity index (χ2n) is 8.11. The lowest BCUT2D eigenvalue weighted by Gasteiger charge is -2.32. The number of amides is 1. The highest BCUT2D eigenvalue weighted by Gasteiger charge is 2.34. The maximum Gasteiger partial charge on any atom is 0.409 e. The topological polar surface area (TPSA) is 80.0 Å². The van der Waals surface area contributed by atoms with Crippen LogP contribution in [-0.4, -0.2) is 49.2 Å². The number of nitrogens with two attached hydrogens (primary N) is 1. The molecular weight excluding hydrogens is 443 g/mol. The van der Waals surface area contributed by atoms with Gasteiger partial charge in [-0.15, -0.1) is 24.0 Å². The predicted molar refractivity (Wildman–Crippen MR) is 117 cm³/mol. The molecule has 0 spiro atoms. The summed E-state index contributed by atoms with van der Waals surface area (Å²) in [6, 6.07) is 0.291. The van der Waals surface area contributed by atoms with Crippen LogP contribution in [-0.2, 0) is 4.74 Å². The fourth-order valence-corrected chi connectivity index (χ4v) is 4.35. The molecule has 26 heavy (non-hydrogen) atoms. The van der Waals surface area contributed by atoms with Crippen LogP contribution in [0.1, 0.15) is 65.7 Å². The van der Waals surface area contributed by atoms with E-state index in [0.29, 0.717) is 43.0 Å². The van der Waals surface area contributed by atoms with E-state index in [1.54, 1.807) is 4.90 Å². The summed E-state index contributed by atoms with van der Waals surface area (Å²) in [4.78, 5) is 18.2. The second-order valence-corrected chi connectivity index (χ2v) is 8.11. The molecule has 0 radical (unpaired) electrons. The van der Waals surface area contributed by atoms with Gasteiger partial charge in [0.25, 0.3) is 0 Å². The molecule has 7 heteroatoms. The van der Waals surface area contributed by atoms with Crippen molar-refractivity contribution in [2.75, 3.05) is 26.2 Å². The van der Waals surface area contributed by atoms with Crippen LogP contribution in [0.3, 0.4) is 0 Å². The molecule has 0 aromatic rings. The maximum atomic E-state index is 11.7. The summed E-state index contributed by atoms with van der Waals surface area (Å²) in [6.07, 6.45) is 7.99. The van der Waals surface area contributed by atoms with Gasteiger partial charge in [0, 0.05) is 25.7 Å². The number of hydrogen-bond donors (Lipinski definition) is 2. The Morgan fingerprint density at radius 3 is 2.46 bits per heavy atom. The number of likely N-dealkylation sites (tertiary alicyclic amines) is 1. The van der Waals surface area contributed by atoms with Gasteiger partial charge in [-0.05, 0) is 50.4 Å². The third-order valence-corrected chi connectivity index (χ3v) is 5.46. The molecule has 0 atom stereocenters. The van der Waals surface area contributed by atoms with Crippen LogP contribution in [0.5, 0.6) is 0 Å². The van der Waals surface area contributed by atoms with E-state index in [2.05, 4.69) is 24.2 Å². The number of aliphatic imine (C=N–C) groups is 1. The molecule has 3 N–H and O–H groups in total. The van der Waals surface area contributed by atoms with Gasteiger partial charge in [0.05, 0.1) is 6.61 Å². The molecule has 1 aliphatic carbocycles. The van der Waals surface area contributed by atoms with Gasteiger partial charge < -0.3 is 20.7 Å². The molecule has 2 rings (SSSR count). The molecule has 6 nitrogen and oxygen atoms in total. The van der Waals surface area contributed by atoms with Crippen LogP contribution >= 0.6 is 24.0 Å². The summed E-state index contributed by atoms with van der Waals surface area (Å²) in [5, 5.41) is 3.35. The molecule has 2 aliphatic rings. The van der Waals surface area contributed by atoms with Crippen LogP contribution in [0.15, 0.2) is 4.99 Å². The number of piperidine rings is 1. The van der Waals surface area contributed by atoms with Gasteiger partial charge in [-0.3, -0.25) is 4.99 Å². The van der Waals surface area contributed by atoms with Gasteiger partial charge >= 0.3 is 6.09 Å². The molecule has 1 amide bonds. The van der Waals surface area contributed by atoms with Crippen LogP contribution in [0.2, 0.25) is 0 Å². The van der Waals surface area contributed by atoms with Crippen molar-refractivity contribution in [1.82, 2.24) is 10.2 Å². The fraction of sp³-hybridized carbons (Fsp3) is 0.895. The average Bonchev–Trinajstić information content (AvgIpc) is 3.02. The molecule has 1 heterocycles. The van der Waals surface area contributed by atoms with Gasteiger partial charge in [0.1, 0.15) is 0 Å². The van der Waals surface area contributed by atoms with Crippen molar-refractivity contribution < 1.29 is 9.53 Å². The highest BCUT2D eigenvalue weighted by Crippen LogP contribution is 2.43. The van der Waals surface area contributed by atoms with Crippen molar-refractivity contribution in [3.8, 4) is 0 Å². The largest absolute Gasteiger partial charge is 0.450 e. The maximum absolute atomic E-state index is 11.7. The van der Waals surface area contributed by atoms with E-state index in [0.717, 1.165) is 19.4 Å². The van der Waals surface area contributed by atoms with Gasteiger partial charge in [-0.25, -0.2) is 4.79 Å². The molecule has 0 aromatic carbocycles. The summed E-state index contributed by atoms with van der Waals surface area (Å²) in [5.74, 6) is 1.26. The van der Waals surface area contributed by atoms with Crippen LogP contribution < -0.4 is 11.1 Å². The first-order chi connectivity index (χ1) is 11.9. The zero-order chi connectivity index (χ0) is 18.3. The van der Waals surface area contributed by atoms with Crippen molar-refractivity contribution in [3.05, 3.63) is 0 Å². The van der Waals surface area contributed by atoms with Crippen LogP contribution in [0.25, 0.3) is 0 Å². The highest BCUT2D eigenvalue weighted by molar-refractivity contribution is 14.0. The summed E-state index contributed by atoms with van der Waals surface area (Å²) in [7, 11) is 0. The van der Waals surface area contributed by atoms with E-state index >= 15 is 0 Å². The number of guanidine groups is 1. The summed E-state index contributed by atoms with van der Waals surface area (Å²) in [5.41, 5.74) is 6.50. The Labute approximate surface area is 175 Å². The summed E-state index contributed by atoms with van der Waals surface area (Å²) >= 11 is 0. The normalized spacial score (nSPS) is 20.8. The Kier molecular flexibility index (Phi) is 10.0. The zero-order valence-electron chi connectivity index (χ0n) is 16.6. The lowest BCUT2D eigenvalue weighted by atomic mass is 9.78. The number of carbonyl (C=O) groups is 1. The Balaban J connectivity index is 0.00000338. The molecule has 0 bridgehead atoms. The predicted octanol–water partition coefficient (Wildman–Crippen LogP) is 3.74. The third-order valence-electron chi connectivity index (χ3n) is 5.46. The number of rotatable bonds is 6. The van der Waals surface area contributed by atoms with Gasteiger partial charge in [-0.2, -0.15) is 0 Å². The second kappa shape index (κ2) is 11.2. The minimum Gasteiger partial charge on any atom is -0.450 e. The van der Waals surface area contributed by atoms with E-state index in [4.69, 9.17) is 10.5 Å². The standard InChI is InChI=1S/C19H36N4O2.HI/c1-4-25-18(24)23-11-7-16(8-12-23)22-17(20)21-14-19(13-15(2)3)9-5-6-10-19;/h15-16H,4-14H2,1-3H3,(H3,20,21,22);1H. The number of carbonyl (C=O) groups excluding carboxylic acids is 1. The molecule has 152 valence electrons. The van der Waals surface area contributed by atoms with Crippen LogP contribution in [0, 0.1) is 11.3 Å². The van der Waals surface area contributed by atoms with E-state index in [9.17, 15) is 4.79 Å². The number of halogens is 1. The number of nitrogens with one attached hydrogen (secondary N) is 1. The Morgan fingerprint density at radius 1 is 1.31 bits per heavy atom. The molecule has 0 aromatic heterocycles. The molecular formula is C19H37IN4O2. The van der Waals surface area contributed by atoms with Crippen LogP contribution in [0.4, 0.5) is 4.79 Å². The Bertz CT molecular complexity index is 456. The van der Waals surface area contributed by atoms with Crippen molar-refractivity contribution in [3.63, 3.8) is 0 Å². The first-order valence-electron chi connectivity index (χ1n) is 9.92. The Morgan fingerprint density at radius 2 is 1.92 bits per heavy atom. The average molecular weight is 480 g/mol. The third kappa shape index (κ3) is 7.12. The number of hydrogen-bond acceptors (Lipinski definition) is 3. The molecule has 1 saturated carbocycles. The molecule has 1 aliphatic heterocycles. The highest BCUT2D eigenvalue weighted by atomic mass is 127. The lowest BCUT2D eigenvalue weighted by Crippen LogP contribution is -2.48. The monoisotopic (exact) mass is 480 g/mol. The fourth-order valence-electron chi connectivity index (χ4n) is 4.35. The smallest absolute Gasteiger partial charge is 0.409 e. The van der Waals surface area contributed by atoms with E-state index in [1.165, 1.54) is 32.1 Å². The quantitative estimate of drug-likeness (QED) is 0.345. The van der Waals surface area contributed by atoms with Gasteiger partial charge in [-0.1, -0.05) is 26.7 Å². The molecule has 2 fully saturated rings. The molecule has 0 unspecified atom stereocenters. The minimum absolute atomic E-state index is 0. The summed E-state index contributed by atoms with van der Waals surface area (Å²) < 4.78 is 5.05. The van der Waals surface area contributed by atoms with E-state index in [-0.39, 0.29) is 30.1 Å². The number of ether oxygens (including phenoxy) is 1. The van der Waals surface area contributed by atoms with Gasteiger partial charge in [0.15, 0.2) is 5.96 Å². The number of nitrogens with zero attached hydrogens (tertiary/aromatic N) is 2. The zero-order valence-corrected chi connectivity index (χ0v) is 19.0. The Hall–Kier alpha value is -0.730. The van der Waals surface area contributed by atoms with Crippen molar-refractivity contribution in [2.24, 2.45) is 22.1 Å². The van der Waals surface area contributed by atoms with E-state index in [1.807, 2.05) is 6.92 Å². The SMILES string of the molecule is CCOC(=O)N1CCC(NC(N)=NCC2(CC(C)C)CCCC2)CC1.I. The lowest BCUT2D eigenvalue weighted by molar-refractivity contribution is 0.0963. The van der Waals surface area contributed by atoms with Crippen molar-refractivity contribution in [2.45, 2.75) is 71.8 Å². The first-order valence-corrected chi connectivity index (χ1v) is 9.92. The molecule has 1 saturated heterocycles. The summed E-state index contributed by atoms with van der Waals surface area (Å²) in [6.45, 7) is 9.10. The minimum atomic E-state index is -0.209. The van der Waals surface area contributed by atoms with Crippen molar-refractivity contribution >= 4 is 36.0 Å². The van der Waals surface area contributed by atoms with Crippen molar-refractivity contribution in [1.29, 1.82) is 0 Å². The van der Waals surface area contributed by atoms with E-state index < -0.39 is 0 Å². The first kappa shape index (κ1) is 23.3. The van der Waals surface area contributed by atoms with Gasteiger partial charge in [0.2, 0.25) is 0 Å².